The Morgan fingerprint density at radius 1 is 1.33 bits per heavy atom. The zero-order valence-electron chi connectivity index (χ0n) is 11.4. The molecule has 0 bridgehead atoms. The Morgan fingerprint density at radius 3 is 2.61 bits per heavy atom. The fourth-order valence-corrected chi connectivity index (χ4v) is 1.84. The van der Waals surface area contributed by atoms with Gasteiger partial charge in [0.2, 0.25) is 0 Å². The molecule has 1 aromatic rings. The van der Waals surface area contributed by atoms with Crippen molar-refractivity contribution in [2.45, 2.75) is 33.2 Å². The van der Waals surface area contributed by atoms with Gasteiger partial charge in [0, 0.05) is 12.1 Å². The van der Waals surface area contributed by atoms with Crippen molar-refractivity contribution in [2.24, 2.45) is 5.41 Å². The summed E-state index contributed by atoms with van der Waals surface area (Å²) in [4.78, 5) is 2.09. The maximum atomic E-state index is 13.4. The Hall–Kier alpha value is -1.40. The third-order valence-electron chi connectivity index (χ3n) is 3.04. The first-order valence-corrected chi connectivity index (χ1v) is 6.28. The van der Waals surface area contributed by atoms with Crippen LogP contribution >= 0.6 is 0 Å². The van der Waals surface area contributed by atoms with Crippen molar-refractivity contribution in [3.63, 3.8) is 0 Å². The van der Waals surface area contributed by atoms with E-state index in [1.807, 2.05) is 33.0 Å². The molecular formula is C15H21FN2. The van der Waals surface area contributed by atoms with Gasteiger partial charge in [0.05, 0.1) is 11.5 Å². The number of rotatable bonds is 6. The Labute approximate surface area is 109 Å². The van der Waals surface area contributed by atoms with E-state index < -0.39 is 0 Å². The van der Waals surface area contributed by atoms with E-state index in [1.54, 1.807) is 6.07 Å². The van der Waals surface area contributed by atoms with E-state index in [1.165, 1.54) is 6.07 Å². The van der Waals surface area contributed by atoms with Crippen LogP contribution in [0.25, 0.3) is 0 Å². The van der Waals surface area contributed by atoms with Crippen LogP contribution in [-0.4, -0.2) is 18.5 Å². The molecule has 0 radical (unpaired) electrons. The molecule has 0 aliphatic heterocycles. The number of hydrogen-bond acceptors (Lipinski definition) is 2. The lowest BCUT2D eigenvalue weighted by atomic mass is 9.90. The molecule has 0 unspecified atom stereocenters. The number of benzene rings is 1. The number of nitriles is 1. The van der Waals surface area contributed by atoms with Crippen LogP contribution in [0.5, 0.6) is 0 Å². The summed E-state index contributed by atoms with van der Waals surface area (Å²) >= 11 is 0. The molecule has 0 heterocycles. The summed E-state index contributed by atoms with van der Waals surface area (Å²) < 4.78 is 13.4. The van der Waals surface area contributed by atoms with Crippen molar-refractivity contribution in [1.82, 2.24) is 4.90 Å². The van der Waals surface area contributed by atoms with Crippen molar-refractivity contribution >= 4 is 0 Å². The van der Waals surface area contributed by atoms with Gasteiger partial charge < -0.3 is 4.90 Å². The highest BCUT2D eigenvalue weighted by Crippen LogP contribution is 2.20. The van der Waals surface area contributed by atoms with E-state index in [4.69, 9.17) is 5.26 Å². The van der Waals surface area contributed by atoms with Gasteiger partial charge >= 0.3 is 0 Å². The van der Waals surface area contributed by atoms with Crippen LogP contribution in [0.3, 0.4) is 0 Å². The first-order chi connectivity index (χ1) is 8.44. The SMILES string of the molecule is CN(CCCC(C)(C)C#N)Cc1ccccc1F. The molecule has 0 saturated heterocycles. The Balaban J connectivity index is 2.37. The summed E-state index contributed by atoms with van der Waals surface area (Å²) in [5.41, 5.74) is 0.457. The van der Waals surface area contributed by atoms with Gasteiger partial charge in [-0.3, -0.25) is 0 Å². The predicted octanol–water partition coefficient (Wildman–Crippen LogP) is 3.59. The summed E-state index contributed by atoms with van der Waals surface area (Å²) in [6, 6.07) is 9.15. The van der Waals surface area contributed by atoms with Crippen LogP contribution in [0.4, 0.5) is 4.39 Å². The molecule has 0 aliphatic carbocycles. The lowest BCUT2D eigenvalue weighted by Crippen LogP contribution is -2.21. The summed E-state index contributed by atoms with van der Waals surface area (Å²) in [5.74, 6) is -0.151. The first kappa shape index (κ1) is 14.7. The van der Waals surface area contributed by atoms with Crippen LogP contribution in [0.15, 0.2) is 24.3 Å². The lowest BCUT2D eigenvalue weighted by molar-refractivity contribution is 0.294. The second kappa shape index (κ2) is 6.51. The van der Waals surface area contributed by atoms with Crippen LogP contribution in [0.2, 0.25) is 0 Å². The fraction of sp³-hybridized carbons (Fsp3) is 0.533. The number of nitrogens with zero attached hydrogens (tertiary/aromatic N) is 2. The normalized spacial score (nSPS) is 11.6. The van der Waals surface area contributed by atoms with E-state index in [2.05, 4.69) is 11.0 Å². The van der Waals surface area contributed by atoms with Crippen molar-refractivity contribution in [1.29, 1.82) is 5.26 Å². The molecule has 1 rings (SSSR count). The van der Waals surface area contributed by atoms with E-state index in [0.717, 1.165) is 24.9 Å². The molecule has 0 aliphatic rings. The molecule has 98 valence electrons. The minimum Gasteiger partial charge on any atom is -0.302 e. The van der Waals surface area contributed by atoms with Crippen molar-refractivity contribution < 1.29 is 4.39 Å². The topological polar surface area (TPSA) is 27.0 Å². The minimum atomic E-state index is -0.265. The second-order valence-electron chi connectivity index (χ2n) is 5.43. The highest BCUT2D eigenvalue weighted by Gasteiger charge is 2.16. The average molecular weight is 248 g/mol. The number of halogens is 1. The van der Waals surface area contributed by atoms with Gasteiger partial charge in [-0.05, 0) is 46.3 Å². The zero-order chi connectivity index (χ0) is 13.6. The molecule has 0 amide bonds. The maximum Gasteiger partial charge on any atom is 0.127 e. The van der Waals surface area contributed by atoms with Crippen molar-refractivity contribution in [2.75, 3.05) is 13.6 Å². The molecule has 0 spiro atoms. The van der Waals surface area contributed by atoms with Crippen molar-refractivity contribution in [3.8, 4) is 6.07 Å². The third kappa shape index (κ3) is 4.85. The Kier molecular flexibility index (Phi) is 5.30. The van der Waals surface area contributed by atoms with E-state index >= 15 is 0 Å². The quantitative estimate of drug-likeness (QED) is 0.769. The molecule has 0 saturated carbocycles. The monoisotopic (exact) mass is 248 g/mol. The van der Waals surface area contributed by atoms with Gasteiger partial charge in [0.1, 0.15) is 5.82 Å². The van der Waals surface area contributed by atoms with Gasteiger partial charge in [-0.1, -0.05) is 18.2 Å². The largest absolute Gasteiger partial charge is 0.302 e. The lowest BCUT2D eigenvalue weighted by Gasteiger charge is -2.20. The van der Waals surface area contributed by atoms with Gasteiger partial charge in [0.25, 0.3) is 0 Å². The fourth-order valence-electron chi connectivity index (χ4n) is 1.84. The molecule has 18 heavy (non-hydrogen) atoms. The highest BCUT2D eigenvalue weighted by molar-refractivity contribution is 5.16. The van der Waals surface area contributed by atoms with Crippen LogP contribution in [0.1, 0.15) is 32.3 Å². The molecule has 0 fully saturated rings. The summed E-state index contributed by atoms with van der Waals surface area (Å²) in [7, 11) is 1.98. The minimum absolute atomic E-state index is 0.151. The molecule has 0 aromatic heterocycles. The van der Waals surface area contributed by atoms with Gasteiger partial charge in [-0.2, -0.15) is 5.26 Å². The average Bonchev–Trinajstić information content (AvgIpc) is 2.32. The molecule has 1 aromatic carbocycles. The maximum absolute atomic E-state index is 13.4. The Morgan fingerprint density at radius 2 is 2.00 bits per heavy atom. The van der Waals surface area contributed by atoms with Crippen LogP contribution in [0, 0.1) is 22.6 Å². The molecule has 3 heteroatoms. The van der Waals surface area contributed by atoms with E-state index in [0.29, 0.717) is 6.54 Å². The number of hydrogen-bond donors (Lipinski definition) is 0. The Bertz CT molecular complexity index is 421. The molecular weight excluding hydrogens is 227 g/mol. The first-order valence-electron chi connectivity index (χ1n) is 6.28. The molecule has 0 N–H and O–H groups in total. The third-order valence-corrected chi connectivity index (χ3v) is 3.04. The van der Waals surface area contributed by atoms with Gasteiger partial charge in [-0.25, -0.2) is 4.39 Å². The summed E-state index contributed by atoms with van der Waals surface area (Å²) in [6.07, 6.45) is 1.82. The summed E-state index contributed by atoms with van der Waals surface area (Å²) in [6.45, 7) is 5.38. The second-order valence-corrected chi connectivity index (χ2v) is 5.43. The zero-order valence-corrected chi connectivity index (χ0v) is 11.4. The van der Waals surface area contributed by atoms with Crippen LogP contribution < -0.4 is 0 Å². The summed E-state index contributed by atoms with van der Waals surface area (Å²) in [5, 5.41) is 8.92. The predicted molar refractivity (Wildman–Crippen MR) is 71.4 cm³/mol. The van der Waals surface area contributed by atoms with Crippen LogP contribution in [-0.2, 0) is 6.54 Å². The smallest absolute Gasteiger partial charge is 0.127 e. The van der Waals surface area contributed by atoms with E-state index in [9.17, 15) is 4.39 Å². The van der Waals surface area contributed by atoms with Gasteiger partial charge in [0.15, 0.2) is 0 Å². The van der Waals surface area contributed by atoms with Crippen molar-refractivity contribution in [3.05, 3.63) is 35.6 Å². The van der Waals surface area contributed by atoms with Gasteiger partial charge in [-0.15, -0.1) is 0 Å². The van der Waals surface area contributed by atoms with E-state index in [-0.39, 0.29) is 11.2 Å². The molecule has 0 atom stereocenters. The highest BCUT2D eigenvalue weighted by atomic mass is 19.1. The molecule has 2 nitrogen and oxygen atoms in total. The standard InChI is InChI=1S/C15H21FN2/c1-15(2,12-17)9-6-10-18(3)11-13-7-4-5-8-14(13)16/h4-5,7-8H,6,9-11H2,1-3H3.